The van der Waals surface area contributed by atoms with E-state index in [2.05, 4.69) is 4.98 Å². The number of hydrogen-bond donors (Lipinski definition) is 0. The van der Waals surface area contributed by atoms with Crippen molar-refractivity contribution in [1.29, 1.82) is 0 Å². The predicted octanol–water partition coefficient (Wildman–Crippen LogP) is 2.09. The van der Waals surface area contributed by atoms with Crippen LogP contribution in [-0.4, -0.2) is 31.8 Å². The minimum Gasteiger partial charge on any atom is -0.465 e. The van der Waals surface area contributed by atoms with Gasteiger partial charge in [0.1, 0.15) is 0 Å². The zero-order chi connectivity index (χ0) is 20.6. The molecule has 0 unspecified atom stereocenters. The van der Waals surface area contributed by atoms with Crippen molar-refractivity contribution in [3.63, 3.8) is 0 Å². The van der Waals surface area contributed by atoms with Crippen LogP contribution in [0.5, 0.6) is 0 Å². The van der Waals surface area contributed by atoms with Gasteiger partial charge in [-0.1, -0.05) is 23.9 Å². The molecule has 0 amide bonds. The summed E-state index contributed by atoms with van der Waals surface area (Å²) in [6.45, 7) is 3.95. The van der Waals surface area contributed by atoms with Gasteiger partial charge in [-0.3, -0.25) is 13.9 Å². The van der Waals surface area contributed by atoms with Crippen molar-refractivity contribution in [2.75, 3.05) is 7.11 Å². The third-order valence-electron chi connectivity index (χ3n) is 4.52. The minimum atomic E-state index is -0.402. The Morgan fingerprint density at radius 3 is 2.36 bits per heavy atom. The van der Waals surface area contributed by atoms with Gasteiger partial charge in [-0.25, -0.2) is 14.6 Å². The molecule has 3 rings (SSSR count). The van der Waals surface area contributed by atoms with Crippen LogP contribution < -0.4 is 11.2 Å². The lowest BCUT2D eigenvalue weighted by atomic mass is 10.1. The summed E-state index contributed by atoms with van der Waals surface area (Å²) < 4.78 is 9.07. The number of rotatable bonds is 5. The molecule has 28 heavy (non-hydrogen) atoms. The van der Waals surface area contributed by atoms with Crippen molar-refractivity contribution in [2.24, 2.45) is 14.1 Å². The molecule has 0 radical (unpaired) electrons. The van der Waals surface area contributed by atoms with E-state index in [0.29, 0.717) is 27.6 Å². The fourth-order valence-corrected chi connectivity index (χ4v) is 4.06. The number of ether oxygens (including phenoxy) is 1. The van der Waals surface area contributed by atoms with Gasteiger partial charge in [-0.2, -0.15) is 0 Å². The second-order valence-corrected chi connectivity index (χ2v) is 7.66. The first-order chi connectivity index (χ1) is 13.3. The smallest absolute Gasteiger partial charge is 0.337 e. The van der Waals surface area contributed by atoms with Crippen LogP contribution in [0.15, 0.2) is 39.0 Å². The molecule has 148 valence electrons. The van der Waals surface area contributed by atoms with Crippen LogP contribution in [-0.2, 0) is 24.6 Å². The van der Waals surface area contributed by atoms with E-state index < -0.39 is 5.69 Å². The zero-order valence-electron chi connectivity index (χ0n) is 16.4. The third-order valence-corrected chi connectivity index (χ3v) is 5.54. The van der Waals surface area contributed by atoms with Crippen molar-refractivity contribution >= 4 is 28.9 Å². The quantitative estimate of drug-likeness (QED) is 0.480. The first-order valence-corrected chi connectivity index (χ1v) is 9.72. The Morgan fingerprint density at radius 2 is 1.79 bits per heavy atom. The molecular formula is C19H22N4O4S. The van der Waals surface area contributed by atoms with E-state index in [1.807, 2.05) is 30.5 Å². The lowest BCUT2D eigenvalue weighted by Crippen LogP contribution is -2.37. The molecule has 0 bridgehead atoms. The second-order valence-electron chi connectivity index (χ2n) is 6.71. The predicted molar refractivity (Wildman–Crippen MR) is 108 cm³/mol. The Bertz CT molecular complexity index is 1160. The number of thioether (sulfide) groups is 1. The zero-order valence-corrected chi connectivity index (χ0v) is 17.2. The summed E-state index contributed by atoms with van der Waals surface area (Å²) in [5, 5.41) is 0.667. The Labute approximate surface area is 165 Å². The Balaban J connectivity index is 1.99. The van der Waals surface area contributed by atoms with E-state index >= 15 is 0 Å². The number of nitrogens with zero attached hydrogens (tertiary/aromatic N) is 4. The molecule has 0 aliphatic carbocycles. The van der Waals surface area contributed by atoms with Gasteiger partial charge >= 0.3 is 11.7 Å². The van der Waals surface area contributed by atoms with Crippen LogP contribution in [0.3, 0.4) is 0 Å². The Hall–Kier alpha value is -2.81. The van der Waals surface area contributed by atoms with Crippen molar-refractivity contribution in [3.8, 4) is 0 Å². The Morgan fingerprint density at radius 1 is 1.14 bits per heavy atom. The van der Waals surface area contributed by atoms with Gasteiger partial charge in [0, 0.05) is 25.9 Å². The largest absolute Gasteiger partial charge is 0.465 e. The summed E-state index contributed by atoms with van der Waals surface area (Å²) in [6.07, 6.45) is 0. The number of esters is 1. The molecule has 0 fully saturated rings. The lowest BCUT2D eigenvalue weighted by molar-refractivity contribution is 0.0600. The normalized spacial score (nSPS) is 11.4. The average Bonchev–Trinajstić information content (AvgIpc) is 3.09. The van der Waals surface area contributed by atoms with Gasteiger partial charge in [0.15, 0.2) is 16.3 Å². The maximum absolute atomic E-state index is 12.7. The first kappa shape index (κ1) is 19.9. The maximum atomic E-state index is 12.7. The summed E-state index contributed by atoms with van der Waals surface area (Å²) in [4.78, 5) is 41.0. The van der Waals surface area contributed by atoms with E-state index in [-0.39, 0.29) is 17.6 Å². The van der Waals surface area contributed by atoms with Crippen molar-refractivity contribution in [1.82, 2.24) is 18.7 Å². The van der Waals surface area contributed by atoms with Gasteiger partial charge in [-0.15, -0.1) is 0 Å². The van der Waals surface area contributed by atoms with Crippen molar-refractivity contribution < 1.29 is 9.53 Å². The monoisotopic (exact) mass is 402 g/mol. The summed E-state index contributed by atoms with van der Waals surface area (Å²) in [7, 11) is 4.43. The van der Waals surface area contributed by atoms with Crippen LogP contribution in [0, 0.1) is 0 Å². The minimum absolute atomic E-state index is 0.000553. The number of carbonyl (C=O) groups excluding carboxylic acids is 1. The highest BCUT2D eigenvalue weighted by atomic mass is 32.2. The van der Waals surface area contributed by atoms with Crippen LogP contribution in [0.4, 0.5) is 0 Å². The number of fused-ring (bicyclic) bond motifs is 1. The molecule has 0 saturated carbocycles. The molecule has 3 aromatic rings. The lowest BCUT2D eigenvalue weighted by Gasteiger charge is -2.12. The number of carbonyl (C=O) groups is 1. The summed E-state index contributed by atoms with van der Waals surface area (Å²) in [5.74, 6) is 0.226. The molecular weight excluding hydrogens is 380 g/mol. The first-order valence-electron chi connectivity index (χ1n) is 8.74. The highest BCUT2D eigenvalue weighted by Gasteiger charge is 2.21. The molecule has 0 N–H and O–H groups in total. The Kier molecular flexibility index (Phi) is 5.46. The summed E-state index contributed by atoms with van der Waals surface area (Å²) in [6, 6.07) is 7.14. The molecule has 1 aromatic carbocycles. The molecule has 8 nitrogen and oxygen atoms in total. The fraction of sp³-hybridized carbons (Fsp3) is 0.368. The van der Waals surface area contributed by atoms with Crippen LogP contribution in [0.25, 0.3) is 11.2 Å². The van der Waals surface area contributed by atoms with E-state index in [1.165, 1.54) is 30.5 Å². The molecule has 0 saturated heterocycles. The van der Waals surface area contributed by atoms with E-state index in [4.69, 9.17) is 4.74 Å². The number of aryl methyl sites for hydroxylation is 1. The number of imidazole rings is 1. The number of aromatic nitrogens is 4. The average molecular weight is 402 g/mol. The van der Waals surface area contributed by atoms with Crippen LogP contribution in [0.1, 0.15) is 35.8 Å². The molecule has 0 aliphatic heterocycles. The highest BCUT2D eigenvalue weighted by Crippen LogP contribution is 2.28. The van der Waals surface area contributed by atoms with Gasteiger partial charge in [0.25, 0.3) is 5.56 Å². The second kappa shape index (κ2) is 7.67. The third kappa shape index (κ3) is 3.37. The van der Waals surface area contributed by atoms with Crippen LogP contribution >= 0.6 is 11.8 Å². The molecule has 0 spiro atoms. The summed E-state index contributed by atoms with van der Waals surface area (Å²) >= 11 is 1.48. The molecule has 2 heterocycles. The summed E-state index contributed by atoms with van der Waals surface area (Å²) in [5.41, 5.74) is 1.54. The number of hydrogen-bond acceptors (Lipinski definition) is 6. The number of methoxy groups -OCH3 is 1. The van der Waals surface area contributed by atoms with Gasteiger partial charge in [0.2, 0.25) is 0 Å². The van der Waals surface area contributed by atoms with E-state index in [9.17, 15) is 14.4 Å². The molecule has 2 aromatic heterocycles. The molecule has 9 heteroatoms. The van der Waals surface area contributed by atoms with Gasteiger partial charge in [-0.05, 0) is 31.5 Å². The molecule has 0 atom stereocenters. The molecule has 0 aliphatic rings. The van der Waals surface area contributed by atoms with E-state index in [1.54, 1.807) is 19.2 Å². The van der Waals surface area contributed by atoms with Gasteiger partial charge < -0.3 is 9.30 Å². The topological polar surface area (TPSA) is 88.1 Å². The highest BCUT2D eigenvalue weighted by molar-refractivity contribution is 7.98. The number of benzene rings is 1. The van der Waals surface area contributed by atoms with E-state index in [0.717, 1.165) is 10.1 Å². The van der Waals surface area contributed by atoms with Crippen molar-refractivity contribution in [2.45, 2.75) is 30.8 Å². The SMILES string of the molecule is COC(=O)c1ccc(CSc2nc3c(c(=O)n(C)c(=O)n3C)n2C(C)C)cc1. The van der Waals surface area contributed by atoms with Gasteiger partial charge in [0.05, 0.1) is 12.7 Å². The van der Waals surface area contributed by atoms with Crippen molar-refractivity contribution in [3.05, 3.63) is 56.2 Å². The van der Waals surface area contributed by atoms with Crippen LogP contribution in [0.2, 0.25) is 0 Å². The fourth-order valence-electron chi connectivity index (χ4n) is 2.98. The standard InChI is InChI=1S/C19H22N4O4S/c1-11(2)23-14-15(21(3)19(26)22(4)16(14)24)20-18(23)28-10-12-6-8-13(9-7-12)17(25)27-5/h6-9,11H,10H2,1-5H3. The maximum Gasteiger partial charge on any atom is 0.337 e.